The van der Waals surface area contributed by atoms with Crippen molar-refractivity contribution in [2.75, 3.05) is 28.4 Å². The Morgan fingerprint density at radius 3 is 2.11 bits per heavy atom. The smallest absolute Gasteiger partial charge is 0.189 e. The Kier molecular flexibility index (Phi) is 5.36. The van der Waals surface area contributed by atoms with E-state index in [0.717, 1.165) is 11.1 Å². The van der Waals surface area contributed by atoms with Gasteiger partial charge in [-0.2, -0.15) is 0 Å². The zero-order valence-electron chi connectivity index (χ0n) is 17.2. The highest BCUT2D eigenvalue weighted by molar-refractivity contribution is 6.08. The molecule has 0 N–H and O–H groups in total. The predicted molar refractivity (Wildman–Crippen MR) is 108 cm³/mol. The van der Waals surface area contributed by atoms with Crippen LogP contribution in [0.15, 0.2) is 42.5 Å². The highest BCUT2D eigenvalue weighted by Gasteiger charge is 2.38. The molecule has 5 nitrogen and oxygen atoms in total. The molecule has 0 aliphatic heterocycles. The zero-order chi connectivity index (χ0) is 20.5. The van der Waals surface area contributed by atoms with E-state index in [1.807, 2.05) is 30.3 Å². The molecule has 0 radical (unpaired) electrons. The van der Waals surface area contributed by atoms with Crippen LogP contribution in [0.1, 0.15) is 41.3 Å². The minimum Gasteiger partial charge on any atom is -0.497 e. The van der Waals surface area contributed by atoms with E-state index in [1.165, 1.54) is 0 Å². The second-order valence-electron chi connectivity index (χ2n) is 7.29. The molecule has 2 aromatic rings. The molecule has 5 heteroatoms. The second-order valence-corrected chi connectivity index (χ2v) is 7.29. The third-order valence-corrected chi connectivity index (χ3v) is 5.46. The van der Waals surface area contributed by atoms with Crippen molar-refractivity contribution in [2.24, 2.45) is 0 Å². The standard InChI is InChI=1S/C23H26O5/c1-23(2)16(14-7-10-19(26-4)20(11-14)27-5)8-9-18(24)22-17(23)12-15(25-3)13-21(22)28-6/h7-13,16H,1-6H3. The largest absolute Gasteiger partial charge is 0.497 e. The average molecular weight is 382 g/mol. The normalized spacial score (nSPS) is 17.5. The van der Waals surface area contributed by atoms with Gasteiger partial charge < -0.3 is 18.9 Å². The third-order valence-electron chi connectivity index (χ3n) is 5.46. The van der Waals surface area contributed by atoms with E-state index in [9.17, 15) is 4.79 Å². The molecule has 0 heterocycles. The number of ketones is 1. The number of allylic oxidation sites excluding steroid dienone is 2. The van der Waals surface area contributed by atoms with Gasteiger partial charge in [-0.1, -0.05) is 26.0 Å². The summed E-state index contributed by atoms with van der Waals surface area (Å²) in [4.78, 5) is 12.9. The van der Waals surface area contributed by atoms with Crippen LogP contribution in [0.5, 0.6) is 23.0 Å². The van der Waals surface area contributed by atoms with E-state index < -0.39 is 5.41 Å². The summed E-state index contributed by atoms with van der Waals surface area (Å²) in [5.41, 5.74) is 2.09. The number of fused-ring (bicyclic) bond motifs is 1. The second kappa shape index (κ2) is 7.58. The average Bonchev–Trinajstić information content (AvgIpc) is 2.81. The van der Waals surface area contributed by atoms with Gasteiger partial charge in [0.05, 0.1) is 34.0 Å². The molecule has 1 unspecified atom stereocenters. The number of hydrogen-bond acceptors (Lipinski definition) is 5. The molecule has 0 fully saturated rings. The van der Waals surface area contributed by atoms with Gasteiger partial charge in [-0.15, -0.1) is 0 Å². The van der Waals surface area contributed by atoms with E-state index in [0.29, 0.717) is 28.6 Å². The molecule has 0 aromatic heterocycles. The summed E-state index contributed by atoms with van der Waals surface area (Å²) in [6.45, 7) is 4.24. The molecule has 148 valence electrons. The van der Waals surface area contributed by atoms with Crippen LogP contribution >= 0.6 is 0 Å². The number of hydrogen-bond donors (Lipinski definition) is 0. The van der Waals surface area contributed by atoms with Gasteiger partial charge in [-0.25, -0.2) is 0 Å². The van der Waals surface area contributed by atoms with Crippen LogP contribution in [0, 0.1) is 0 Å². The summed E-state index contributed by atoms with van der Waals surface area (Å²) < 4.78 is 21.8. The molecule has 0 bridgehead atoms. The van der Waals surface area contributed by atoms with Crippen LogP contribution in [0.25, 0.3) is 0 Å². The third kappa shape index (κ3) is 3.21. The van der Waals surface area contributed by atoms with Gasteiger partial charge >= 0.3 is 0 Å². The molecular weight excluding hydrogens is 356 g/mol. The summed E-state index contributed by atoms with van der Waals surface area (Å²) >= 11 is 0. The first-order valence-electron chi connectivity index (χ1n) is 9.08. The van der Waals surface area contributed by atoms with Gasteiger partial charge in [0.15, 0.2) is 17.3 Å². The number of methoxy groups -OCH3 is 4. The number of benzene rings is 2. The Balaban J connectivity index is 2.22. The molecule has 0 spiro atoms. The maximum Gasteiger partial charge on any atom is 0.189 e. The van der Waals surface area contributed by atoms with Crippen molar-refractivity contribution in [3.63, 3.8) is 0 Å². The van der Waals surface area contributed by atoms with Crippen LogP contribution in [-0.4, -0.2) is 34.2 Å². The Labute approximate surface area is 165 Å². The lowest BCUT2D eigenvalue weighted by Crippen LogP contribution is -2.27. The summed E-state index contributed by atoms with van der Waals surface area (Å²) in [7, 11) is 6.40. The molecule has 2 aromatic carbocycles. The maximum atomic E-state index is 12.9. The molecule has 0 saturated carbocycles. The van der Waals surface area contributed by atoms with Gasteiger partial charge in [0.25, 0.3) is 0 Å². The van der Waals surface area contributed by atoms with Gasteiger partial charge in [-0.3, -0.25) is 4.79 Å². The molecular formula is C23H26O5. The number of carbonyl (C=O) groups is 1. The summed E-state index contributed by atoms with van der Waals surface area (Å²) in [6, 6.07) is 9.53. The first kappa shape index (κ1) is 19.8. The molecule has 1 aliphatic carbocycles. The minimum atomic E-state index is -0.403. The van der Waals surface area contributed by atoms with Crippen molar-refractivity contribution < 1.29 is 23.7 Å². The quantitative estimate of drug-likeness (QED) is 0.760. The van der Waals surface area contributed by atoms with Crippen molar-refractivity contribution >= 4 is 5.78 Å². The molecule has 1 aliphatic rings. The topological polar surface area (TPSA) is 54.0 Å². The van der Waals surface area contributed by atoms with Gasteiger partial charge in [0.1, 0.15) is 11.5 Å². The van der Waals surface area contributed by atoms with E-state index in [1.54, 1.807) is 40.6 Å². The first-order chi connectivity index (χ1) is 13.4. The fraction of sp³-hybridized carbons (Fsp3) is 0.348. The molecule has 1 atom stereocenters. The monoisotopic (exact) mass is 382 g/mol. The van der Waals surface area contributed by atoms with Crippen LogP contribution in [0.3, 0.4) is 0 Å². The maximum absolute atomic E-state index is 12.9. The van der Waals surface area contributed by atoms with Crippen molar-refractivity contribution in [1.29, 1.82) is 0 Å². The number of ether oxygens (including phenoxy) is 4. The number of rotatable bonds is 5. The lowest BCUT2D eigenvalue weighted by molar-refractivity contribution is 0.104. The van der Waals surface area contributed by atoms with Crippen LogP contribution < -0.4 is 18.9 Å². The molecule has 3 rings (SSSR count). The first-order valence-corrected chi connectivity index (χ1v) is 9.08. The Hall–Kier alpha value is -2.95. The van der Waals surface area contributed by atoms with E-state index in [2.05, 4.69) is 13.8 Å². The molecule has 28 heavy (non-hydrogen) atoms. The minimum absolute atomic E-state index is 0.0608. The van der Waals surface area contributed by atoms with Crippen LogP contribution in [0.2, 0.25) is 0 Å². The fourth-order valence-electron chi connectivity index (χ4n) is 3.88. The SMILES string of the molecule is COc1cc(OC)c2c(c1)C(C)(C)C(c1ccc(OC)c(OC)c1)C=CC2=O. The summed E-state index contributed by atoms with van der Waals surface area (Å²) in [6.07, 6.45) is 3.58. The Bertz CT molecular complexity index is 927. The summed E-state index contributed by atoms with van der Waals surface area (Å²) in [5.74, 6) is 2.36. The lowest BCUT2D eigenvalue weighted by atomic mass is 9.69. The highest BCUT2D eigenvalue weighted by atomic mass is 16.5. The highest BCUT2D eigenvalue weighted by Crippen LogP contribution is 2.47. The summed E-state index contributed by atoms with van der Waals surface area (Å²) in [5, 5.41) is 0. The van der Waals surface area contributed by atoms with Crippen molar-refractivity contribution in [2.45, 2.75) is 25.2 Å². The predicted octanol–water partition coefficient (Wildman–Crippen LogP) is 4.53. The van der Waals surface area contributed by atoms with Crippen LogP contribution in [0.4, 0.5) is 0 Å². The Morgan fingerprint density at radius 1 is 0.821 bits per heavy atom. The molecule has 0 saturated heterocycles. The van der Waals surface area contributed by atoms with Gasteiger partial charge in [0, 0.05) is 17.4 Å². The number of carbonyl (C=O) groups excluding carboxylic acids is 1. The van der Waals surface area contributed by atoms with Crippen molar-refractivity contribution in [3.8, 4) is 23.0 Å². The van der Waals surface area contributed by atoms with Gasteiger partial charge in [0.2, 0.25) is 0 Å². The van der Waals surface area contributed by atoms with Crippen molar-refractivity contribution in [1.82, 2.24) is 0 Å². The van der Waals surface area contributed by atoms with E-state index in [4.69, 9.17) is 18.9 Å². The van der Waals surface area contributed by atoms with Gasteiger partial charge in [-0.05, 0) is 35.4 Å². The van der Waals surface area contributed by atoms with E-state index in [-0.39, 0.29) is 11.7 Å². The molecule has 0 amide bonds. The van der Waals surface area contributed by atoms with Crippen LogP contribution in [-0.2, 0) is 5.41 Å². The lowest BCUT2D eigenvalue weighted by Gasteiger charge is -2.34. The van der Waals surface area contributed by atoms with E-state index >= 15 is 0 Å². The zero-order valence-corrected chi connectivity index (χ0v) is 17.2. The Morgan fingerprint density at radius 2 is 1.50 bits per heavy atom. The fourth-order valence-corrected chi connectivity index (χ4v) is 3.88. The van der Waals surface area contributed by atoms with Crippen molar-refractivity contribution in [3.05, 3.63) is 59.2 Å².